The second-order valence-corrected chi connectivity index (χ2v) is 6.36. The molecule has 2 bridgehead atoms. The summed E-state index contributed by atoms with van der Waals surface area (Å²) < 4.78 is 5.72. The molecule has 1 aromatic carbocycles. The molecule has 114 valence electrons. The lowest BCUT2D eigenvalue weighted by molar-refractivity contribution is -0.128. The van der Waals surface area contributed by atoms with Crippen molar-refractivity contribution in [3.8, 4) is 0 Å². The summed E-state index contributed by atoms with van der Waals surface area (Å²) >= 11 is 0. The third-order valence-electron chi connectivity index (χ3n) is 5.00. The zero-order chi connectivity index (χ0) is 15.6. The van der Waals surface area contributed by atoms with E-state index in [2.05, 4.69) is 0 Å². The number of hydrogen-bond acceptors (Lipinski definition) is 4. The van der Waals surface area contributed by atoms with Gasteiger partial charge in [-0.2, -0.15) is 0 Å². The number of hydrogen-bond donors (Lipinski definition) is 1. The SMILES string of the molecule is Cc1ccc(N2C(=O)[C@H]3[C@@H]4C=C[C@](CO)(O4)[C@@H]3C2=O)c(C)c1. The zero-order valence-corrected chi connectivity index (χ0v) is 12.4. The summed E-state index contributed by atoms with van der Waals surface area (Å²) in [6.45, 7) is 3.57. The molecule has 1 aromatic rings. The molecular formula is C17H17NO4. The van der Waals surface area contributed by atoms with Crippen LogP contribution in [0, 0.1) is 25.7 Å². The Bertz CT molecular complexity index is 725. The Morgan fingerprint density at radius 2 is 2.05 bits per heavy atom. The molecule has 2 saturated heterocycles. The third kappa shape index (κ3) is 1.50. The van der Waals surface area contributed by atoms with E-state index in [1.54, 1.807) is 12.2 Å². The van der Waals surface area contributed by atoms with Gasteiger partial charge in [-0.3, -0.25) is 9.59 Å². The van der Waals surface area contributed by atoms with Crippen molar-refractivity contribution in [2.24, 2.45) is 11.8 Å². The molecule has 0 aromatic heterocycles. The van der Waals surface area contributed by atoms with Gasteiger partial charge in [0.25, 0.3) is 0 Å². The van der Waals surface area contributed by atoms with Gasteiger partial charge in [0, 0.05) is 0 Å². The molecule has 0 aliphatic carbocycles. The normalized spacial score (nSPS) is 35.6. The molecule has 4 atom stereocenters. The largest absolute Gasteiger partial charge is 0.393 e. The number of benzene rings is 1. The van der Waals surface area contributed by atoms with Crippen molar-refractivity contribution in [2.75, 3.05) is 11.5 Å². The summed E-state index contributed by atoms with van der Waals surface area (Å²) in [7, 11) is 0. The molecule has 0 saturated carbocycles. The molecule has 3 aliphatic rings. The van der Waals surface area contributed by atoms with Gasteiger partial charge in [-0.15, -0.1) is 0 Å². The first-order chi connectivity index (χ1) is 10.5. The molecule has 1 N–H and O–H groups in total. The number of aryl methyl sites for hydroxylation is 2. The topological polar surface area (TPSA) is 66.8 Å². The Morgan fingerprint density at radius 1 is 1.27 bits per heavy atom. The molecule has 0 radical (unpaired) electrons. The predicted octanol–water partition coefficient (Wildman–Crippen LogP) is 1.11. The number of carbonyl (C=O) groups is 2. The van der Waals surface area contributed by atoms with Gasteiger partial charge < -0.3 is 9.84 Å². The Balaban J connectivity index is 1.79. The van der Waals surface area contributed by atoms with Crippen molar-refractivity contribution in [1.82, 2.24) is 0 Å². The number of amides is 2. The molecule has 5 nitrogen and oxygen atoms in total. The molecular weight excluding hydrogens is 282 g/mol. The predicted molar refractivity (Wildman–Crippen MR) is 79.2 cm³/mol. The molecule has 0 spiro atoms. The van der Waals surface area contributed by atoms with Gasteiger partial charge in [-0.05, 0) is 25.5 Å². The molecule has 2 amide bonds. The van der Waals surface area contributed by atoms with Crippen LogP contribution >= 0.6 is 0 Å². The Kier molecular flexibility index (Phi) is 2.65. The number of anilines is 1. The van der Waals surface area contributed by atoms with Crippen molar-refractivity contribution in [3.05, 3.63) is 41.5 Å². The maximum atomic E-state index is 12.9. The van der Waals surface area contributed by atoms with Crippen LogP contribution in [0.5, 0.6) is 0 Å². The van der Waals surface area contributed by atoms with Crippen LogP contribution in [0.4, 0.5) is 5.69 Å². The first kappa shape index (κ1) is 13.7. The second kappa shape index (κ2) is 4.27. The smallest absolute Gasteiger partial charge is 0.241 e. The fourth-order valence-corrected chi connectivity index (χ4v) is 3.98. The van der Waals surface area contributed by atoms with E-state index in [0.717, 1.165) is 11.1 Å². The average molecular weight is 299 g/mol. The lowest BCUT2D eigenvalue weighted by atomic mass is 9.77. The van der Waals surface area contributed by atoms with Crippen molar-refractivity contribution < 1.29 is 19.4 Å². The summed E-state index contributed by atoms with van der Waals surface area (Å²) in [6, 6.07) is 5.65. The molecule has 4 rings (SSSR count). The quantitative estimate of drug-likeness (QED) is 0.656. The van der Waals surface area contributed by atoms with Gasteiger partial charge in [-0.25, -0.2) is 4.90 Å². The first-order valence-corrected chi connectivity index (χ1v) is 7.41. The molecule has 2 fully saturated rings. The van der Waals surface area contributed by atoms with Crippen molar-refractivity contribution in [3.63, 3.8) is 0 Å². The third-order valence-corrected chi connectivity index (χ3v) is 5.00. The van der Waals surface area contributed by atoms with E-state index in [0.29, 0.717) is 5.69 Å². The number of nitrogens with zero attached hydrogens (tertiary/aromatic N) is 1. The average Bonchev–Trinajstić information content (AvgIpc) is 3.12. The van der Waals surface area contributed by atoms with Crippen LogP contribution in [0.1, 0.15) is 11.1 Å². The summed E-state index contributed by atoms with van der Waals surface area (Å²) in [4.78, 5) is 26.9. The van der Waals surface area contributed by atoms with Crippen molar-refractivity contribution in [2.45, 2.75) is 25.6 Å². The maximum Gasteiger partial charge on any atom is 0.241 e. The summed E-state index contributed by atoms with van der Waals surface area (Å²) in [6.07, 6.45) is 3.10. The summed E-state index contributed by atoms with van der Waals surface area (Å²) in [5.41, 5.74) is 1.57. The highest BCUT2D eigenvalue weighted by atomic mass is 16.5. The van der Waals surface area contributed by atoms with Gasteiger partial charge in [0.05, 0.1) is 30.2 Å². The fraction of sp³-hybridized carbons (Fsp3) is 0.412. The van der Waals surface area contributed by atoms with Gasteiger partial charge in [-0.1, -0.05) is 29.8 Å². The van der Waals surface area contributed by atoms with E-state index >= 15 is 0 Å². The number of aliphatic hydroxyl groups is 1. The van der Waals surface area contributed by atoms with E-state index in [1.807, 2.05) is 32.0 Å². The number of aliphatic hydroxyl groups excluding tert-OH is 1. The standard InChI is InChI=1S/C17H17NO4/c1-9-3-4-11(10(2)7-9)18-15(20)13-12-5-6-17(8-19,22-12)14(13)16(18)21/h3-7,12-14,19H,8H2,1-2H3/t12-,13-,14-,17+/m0/s1. The number of ether oxygens (including phenoxy) is 1. The molecule has 5 heteroatoms. The minimum atomic E-state index is -1.03. The minimum absolute atomic E-state index is 0.230. The van der Waals surface area contributed by atoms with Gasteiger partial charge >= 0.3 is 0 Å². The van der Waals surface area contributed by atoms with Gasteiger partial charge in [0.15, 0.2) is 0 Å². The fourth-order valence-electron chi connectivity index (χ4n) is 3.98. The van der Waals surface area contributed by atoms with Crippen LogP contribution in [0.2, 0.25) is 0 Å². The van der Waals surface area contributed by atoms with E-state index in [-0.39, 0.29) is 18.4 Å². The lowest BCUT2D eigenvalue weighted by Gasteiger charge is -2.26. The van der Waals surface area contributed by atoms with Crippen LogP contribution in [-0.2, 0) is 14.3 Å². The van der Waals surface area contributed by atoms with Gasteiger partial charge in [0.2, 0.25) is 11.8 Å². The highest BCUT2D eigenvalue weighted by molar-refractivity contribution is 6.23. The number of fused-ring (bicyclic) bond motifs is 5. The zero-order valence-electron chi connectivity index (χ0n) is 12.4. The molecule has 3 aliphatic heterocycles. The molecule has 22 heavy (non-hydrogen) atoms. The first-order valence-electron chi connectivity index (χ1n) is 7.41. The number of carbonyl (C=O) groups excluding carboxylic acids is 2. The van der Waals surface area contributed by atoms with Crippen molar-refractivity contribution in [1.29, 1.82) is 0 Å². The lowest BCUT2D eigenvalue weighted by Crippen LogP contribution is -2.43. The Hall–Kier alpha value is -1.98. The van der Waals surface area contributed by atoms with Crippen LogP contribution in [0.3, 0.4) is 0 Å². The summed E-state index contributed by atoms with van der Waals surface area (Å²) in [5.74, 6) is -1.65. The molecule has 0 unspecified atom stereocenters. The minimum Gasteiger partial charge on any atom is -0.393 e. The van der Waals surface area contributed by atoms with E-state index in [1.165, 1.54) is 4.90 Å². The van der Waals surface area contributed by atoms with E-state index in [4.69, 9.17) is 4.74 Å². The van der Waals surface area contributed by atoms with E-state index in [9.17, 15) is 14.7 Å². The Morgan fingerprint density at radius 3 is 2.73 bits per heavy atom. The monoisotopic (exact) mass is 299 g/mol. The van der Waals surface area contributed by atoms with E-state index < -0.39 is 23.5 Å². The maximum absolute atomic E-state index is 12.9. The highest BCUT2D eigenvalue weighted by Gasteiger charge is 2.67. The number of imide groups is 1. The Labute approximate surface area is 128 Å². The van der Waals surface area contributed by atoms with Crippen LogP contribution in [0.25, 0.3) is 0 Å². The van der Waals surface area contributed by atoms with Crippen molar-refractivity contribution >= 4 is 17.5 Å². The summed E-state index contributed by atoms with van der Waals surface area (Å²) in [5, 5.41) is 9.68. The van der Waals surface area contributed by atoms with Gasteiger partial charge in [0.1, 0.15) is 5.60 Å². The van der Waals surface area contributed by atoms with Crippen LogP contribution < -0.4 is 4.90 Å². The van der Waals surface area contributed by atoms with Crippen LogP contribution in [-0.4, -0.2) is 35.2 Å². The number of rotatable bonds is 2. The molecule has 3 heterocycles. The second-order valence-electron chi connectivity index (χ2n) is 6.36. The van der Waals surface area contributed by atoms with Crippen LogP contribution in [0.15, 0.2) is 30.4 Å². The highest BCUT2D eigenvalue weighted by Crippen LogP contribution is 2.52.